The molecule has 0 fully saturated rings. The summed E-state index contributed by atoms with van der Waals surface area (Å²) in [7, 11) is 0. The first-order valence-corrected chi connectivity index (χ1v) is 7.31. The van der Waals surface area contributed by atoms with Gasteiger partial charge in [0, 0.05) is 26.4 Å². The van der Waals surface area contributed by atoms with Gasteiger partial charge in [-0.2, -0.15) is 5.10 Å². The number of thiophene rings is 1. The smallest absolute Gasteiger partial charge is 0.0738 e. The van der Waals surface area contributed by atoms with Crippen LogP contribution in [0.2, 0.25) is 5.02 Å². The number of hydrogen-bond acceptors (Lipinski definition) is 4. The van der Waals surface area contributed by atoms with Gasteiger partial charge in [0.05, 0.1) is 17.4 Å². The zero-order valence-electron chi connectivity index (χ0n) is 10.8. The van der Waals surface area contributed by atoms with E-state index in [0.717, 1.165) is 21.5 Å². The van der Waals surface area contributed by atoms with Crippen molar-refractivity contribution < 1.29 is 0 Å². The minimum atomic E-state index is 0.680. The second-order valence-electron chi connectivity index (χ2n) is 4.34. The average Bonchev–Trinajstić information content (AvgIpc) is 2.84. The van der Waals surface area contributed by atoms with Crippen LogP contribution in [-0.2, 0) is 0 Å². The summed E-state index contributed by atoms with van der Waals surface area (Å²) in [5, 5.41) is 5.95. The van der Waals surface area contributed by atoms with Crippen LogP contribution in [0.5, 0.6) is 0 Å². The lowest BCUT2D eigenvalue weighted by Crippen LogP contribution is -1.91. The maximum Gasteiger partial charge on any atom is 0.0738 e. The molecule has 3 rings (SSSR count). The lowest BCUT2D eigenvalue weighted by Gasteiger charge is -2.04. The van der Waals surface area contributed by atoms with Gasteiger partial charge >= 0.3 is 0 Å². The largest absolute Gasteiger partial charge is 0.278 e. The predicted molar refractivity (Wildman–Crippen MR) is 87.0 cm³/mol. The van der Waals surface area contributed by atoms with E-state index in [-0.39, 0.29) is 0 Å². The van der Waals surface area contributed by atoms with E-state index in [2.05, 4.69) is 34.6 Å². The molecule has 3 aromatic rings. The molecule has 0 spiro atoms. The summed E-state index contributed by atoms with van der Waals surface area (Å²) in [5.41, 5.74) is 4.82. The molecule has 0 atom stereocenters. The molecule has 0 saturated heterocycles. The Hall–Kier alpha value is -1.91. The number of benzene rings is 1. The highest BCUT2D eigenvalue weighted by Gasteiger charge is 2.01. The lowest BCUT2D eigenvalue weighted by atomic mass is 10.2. The van der Waals surface area contributed by atoms with Gasteiger partial charge in [0.25, 0.3) is 0 Å². The molecule has 0 unspecified atom stereocenters. The zero-order chi connectivity index (χ0) is 13.9. The second-order valence-corrected chi connectivity index (χ2v) is 6.09. The van der Waals surface area contributed by atoms with E-state index in [1.54, 1.807) is 17.5 Å². The van der Waals surface area contributed by atoms with Crippen LogP contribution in [0.15, 0.2) is 47.7 Å². The first-order chi connectivity index (χ1) is 9.72. The van der Waals surface area contributed by atoms with Crippen LogP contribution in [0.4, 0.5) is 5.69 Å². The van der Waals surface area contributed by atoms with Gasteiger partial charge < -0.3 is 0 Å². The van der Waals surface area contributed by atoms with Crippen LogP contribution in [0.25, 0.3) is 10.9 Å². The number of nitrogens with zero attached hydrogens (tertiary/aromatic N) is 2. The second kappa shape index (κ2) is 5.61. The molecule has 1 aromatic carbocycles. The van der Waals surface area contributed by atoms with Crippen molar-refractivity contribution in [2.75, 3.05) is 5.43 Å². The van der Waals surface area contributed by atoms with E-state index in [1.807, 2.05) is 30.5 Å². The Morgan fingerprint density at radius 2 is 2.15 bits per heavy atom. The van der Waals surface area contributed by atoms with Gasteiger partial charge in [0.1, 0.15) is 0 Å². The van der Waals surface area contributed by atoms with Crippen molar-refractivity contribution >= 4 is 45.7 Å². The van der Waals surface area contributed by atoms with Crippen LogP contribution in [0.1, 0.15) is 9.75 Å². The molecule has 5 heteroatoms. The fraction of sp³-hybridized carbons (Fsp3) is 0.0667. The van der Waals surface area contributed by atoms with Gasteiger partial charge in [-0.25, -0.2) is 0 Å². The summed E-state index contributed by atoms with van der Waals surface area (Å²) < 4.78 is 0. The lowest BCUT2D eigenvalue weighted by molar-refractivity contribution is 1.34. The SMILES string of the molecule is Cc1ccc(/C=N/Nc2ccnc3cc(Cl)ccc23)s1. The average molecular weight is 302 g/mol. The van der Waals surface area contributed by atoms with Gasteiger partial charge in [-0.05, 0) is 43.3 Å². The van der Waals surface area contributed by atoms with Crippen LogP contribution in [0, 0.1) is 6.92 Å². The molecule has 0 amide bonds. The quantitative estimate of drug-likeness (QED) is 0.562. The Morgan fingerprint density at radius 1 is 1.25 bits per heavy atom. The summed E-state index contributed by atoms with van der Waals surface area (Å²) in [5.74, 6) is 0. The molecule has 0 aliphatic heterocycles. The number of aromatic nitrogens is 1. The molecule has 0 aliphatic rings. The van der Waals surface area contributed by atoms with Crippen molar-refractivity contribution in [1.82, 2.24) is 4.98 Å². The highest BCUT2D eigenvalue weighted by atomic mass is 35.5. The predicted octanol–water partition coefficient (Wildman–Crippen LogP) is 4.70. The van der Waals surface area contributed by atoms with E-state index in [9.17, 15) is 0 Å². The molecule has 20 heavy (non-hydrogen) atoms. The number of aryl methyl sites for hydroxylation is 1. The monoisotopic (exact) mass is 301 g/mol. The number of hydrazone groups is 1. The van der Waals surface area contributed by atoms with Crippen LogP contribution in [-0.4, -0.2) is 11.2 Å². The van der Waals surface area contributed by atoms with Crippen LogP contribution in [0.3, 0.4) is 0 Å². The third-order valence-corrected chi connectivity index (χ3v) is 4.01. The molecule has 0 saturated carbocycles. The molecule has 0 bridgehead atoms. The Bertz CT molecular complexity index is 780. The van der Waals surface area contributed by atoms with E-state index in [4.69, 9.17) is 11.6 Å². The molecular formula is C15H12ClN3S. The number of fused-ring (bicyclic) bond motifs is 1. The minimum Gasteiger partial charge on any atom is -0.278 e. The molecule has 2 heterocycles. The standard InChI is InChI=1S/C15H12ClN3S/c1-10-2-4-12(20-10)9-18-19-14-6-7-17-15-8-11(16)3-5-13(14)15/h2-9H,1H3,(H,17,19)/b18-9+. The van der Waals surface area contributed by atoms with Crippen molar-refractivity contribution in [3.8, 4) is 0 Å². The van der Waals surface area contributed by atoms with Gasteiger partial charge in [0.15, 0.2) is 0 Å². The first-order valence-electron chi connectivity index (χ1n) is 6.12. The van der Waals surface area contributed by atoms with Crippen molar-refractivity contribution in [1.29, 1.82) is 0 Å². The Balaban J connectivity index is 1.86. The minimum absolute atomic E-state index is 0.680. The van der Waals surface area contributed by atoms with Crippen molar-refractivity contribution in [3.63, 3.8) is 0 Å². The van der Waals surface area contributed by atoms with Gasteiger partial charge in [-0.1, -0.05) is 11.6 Å². The van der Waals surface area contributed by atoms with Gasteiger partial charge in [-0.15, -0.1) is 11.3 Å². The summed E-state index contributed by atoms with van der Waals surface area (Å²) >= 11 is 7.68. The molecule has 1 N–H and O–H groups in total. The normalized spacial score (nSPS) is 11.3. The van der Waals surface area contributed by atoms with E-state index in [1.165, 1.54) is 4.88 Å². The summed E-state index contributed by atoms with van der Waals surface area (Å²) in [6.45, 7) is 2.08. The molecule has 2 aromatic heterocycles. The first kappa shape index (κ1) is 13.1. The van der Waals surface area contributed by atoms with Crippen molar-refractivity contribution in [2.45, 2.75) is 6.92 Å². The third-order valence-electron chi connectivity index (χ3n) is 2.84. The zero-order valence-corrected chi connectivity index (χ0v) is 12.4. The number of rotatable bonds is 3. The maximum absolute atomic E-state index is 5.97. The fourth-order valence-electron chi connectivity index (χ4n) is 1.91. The molecule has 0 aliphatic carbocycles. The summed E-state index contributed by atoms with van der Waals surface area (Å²) in [6.07, 6.45) is 3.56. The van der Waals surface area contributed by atoms with E-state index < -0.39 is 0 Å². The number of halogens is 1. The van der Waals surface area contributed by atoms with Crippen molar-refractivity contribution in [2.24, 2.45) is 5.10 Å². The highest BCUT2D eigenvalue weighted by molar-refractivity contribution is 7.13. The topological polar surface area (TPSA) is 37.3 Å². The number of nitrogens with one attached hydrogen (secondary N) is 1. The number of pyridine rings is 1. The fourth-order valence-corrected chi connectivity index (χ4v) is 2.82. The highest BCUT2D eigenvalue weighted by Crippen LogP contribution is 2.24. The van der Waals surface area contributed by atoms with Gasteiger partial charge in [-0.3, -0.25) is 10.4 Å². The molecule has 0 radical (unpaired) electrons. The number of anilines is 1. The maximum atomic E-state index is 5.97. The van der Waals surface area contributed by atoms with Crippen LogP contribution < -0.4 is 5.43 Å². The molecular weight excluding hydrogens is 290 g/mol. The van der Waals surface area contributed by atoms with Crippen molar-refractivity contribution in [3.05, 3.63) is 57.4 Å². The third kappa shape index (κ3) is 2.81. The Morgan fingerprint density at radius 3 is 2.95 bits per heavy atom. The van der Waals surface area contributed by atoms with Crippen LogP contribution >= 0.6 is 22.9 Å². The summed E-state index contributed by atoms with van der Waals surface area (Å²) in [6, 6.07) is 11.7. The summed E-state index contributed by atoms with van der Waals surface area (Å²) in [4.78, 5) is 6.69. The van der Waals surface area contributed by atoms with E-state index in [0.29, 0.717) is 5.02 Å². The molecule has 3 nitrogen and oxygen atoms in total. The number of hydrogen-bond donors (Lipinski definition) is 1. The Kier molecular flexibility index (Phi) is 3.67. The molecule has 100 valence electrons. The van der Waals surface area contributed by atoms with E-state index >= 15 is 0 Å². The van der Waals surface area contributed by atoms with Gasteiger partial charge in [0.2, 0.25) is 0 Å². The Labute approximate surface area is 125 Å².